The van der Waals surface area contributed by atoms with E-state index in [2.05, 4.69) is 32.6 Å². The summed E-state index contributed by atoms with van der Waals surface area (Å²) in [7, 11) is 0. The normalized spacial score (nSPS) is 27.2. The average Bonchev–Trinajstić information content (AvgIpc) is 2.08. The summed E-state index contributed by atoms with van der Waals surface area (Å²) in [5.74, 6) is 1.46. The second-order valence-electron chi connectivity index (χ2n) is 6.12. The van der Waals surface area contributed by atoms with Crippen molar-refractivity contribution >= 4 is 0 Å². The number of likely N-dealkylation sites (tertiary alicyclic amines) is 1. The lowest BCUT2D eigenvalue weighted by Crippen LogP contribution is -2.47. The fourth-order valence-corrected chi connectivity index (χ4v) is 2.88. The first-order valence-corrected chi connectivity index (χ1v) is 6.29. The molecule has 1 atom stereocenters. The zero-order valence-corrected chi connectivity index (χ0v) is 10.8. The van der Waals surface area contributed by atoms with Gasteiger partial charge in [0.2, 0.25) is 0 Å². The number of aliphatic hydroxyl groups excluding tert-OH is 1. The highest BCUT2D eigenvalue weighted by Gasteiger charge is 2.35. The summed E-state index contributed by atoms with van der Waals surface area (Å²) in [4.78, 5) is 2.58. The van der Waals surface area contributed by atoms with E-state index in [-0.39, 0.29) is 0 Å². The lowest BCUT2D eigenvalue weighted by Gasteiger charge is -2.45. The van der Waals surface area contributed by atoms with Gasteiger partial charge in [-0.1, -0.05) is 27.7 Å². The second-order valence-corrected chi connectivity index (χ2v) is 6.12. The molecule has 1 N–H and O–H groups in total. The molecule has 0 spiro atoms. The monoisotopic (exact) mass is 213 g/mol. The Balaban J connectivity index is 2.48. The number of nitrogens with zero attached hydrogens (tertiary/aromatic N) is 1. The molecule has 1 fully saturated rings. The molecule has 1 aliphatic rings. The minimum atomic E-state index is 0.346. The first-order chi connectivity index (χ1) is 6.95. The fraction of sp³-hybridized carbons (Fsp3) is 1.00. The Morgan fingerprint density at radius 3 is 2.53 bits per heavy atom. The van der Waals surface area contributed by atoms with Crippen LogP contribution in [-0.4, -0.2) is 36.2 Å². The van der Waals surface area contributed by atoms with Gasteiger partial charge in [-0.15, -0.1) is 0 Å². The van der Waals surface area contributed by atoms with Gasteiger partial charge in [-0.2, -0.15) is 0 Å². The first kappa shape index (κ1) is 13.0. The summed E-state index contributed by atoms with van der Waals surface area (Å²) in [6.07, 6.45) is 2.22. The molecule has 2 heteroatoms. The third kappa shape index (κ3) is 3.76. The zero-order valence-electron chi connectivity index (χ0n) is 10.8. The lowest BCUT2D eigenvalue weighted by atomic mass is 9.72. The van der Waals surface area contributed by atoms with Crippen LogP contribution < -0.4 is 0 Å². The van der Waals surface area contributed by atoms with Gasteiger partial charge in [-0.25, -0.2) is 0 Å². The van der Waals surface area contributed by atoms with Crippen LogP contribution in [0, 0.1) is 17.3 Å². The molecule has 2 nitrogen and oxygen atoms in total. The Hall–Kier alpha value is -0.0800. The predicted octanol–water partition coefficient (Wildman–Crippen LogP) is 2.37. The molecule has 0 saturated carbocycles. The van der Waals surface area contributed by atoms with Crippen LogP contribution in [0.2, 0.25) is 0 Å². The van der Waals surface area contributed by atoms with E-state index in [9.17, 15) is 0 Å². The third-order valence-electron chi connectivity index (χ3n) is 3.63. The van der Waals surface area contributed by atoms with E-state index in [0.29, 0.717) is 17.9 Å². The van der Waals surface area contributed by atoms with Gasteiger partial charge in [-0.05, 0) is 36.6 Å². The minimum absolute atomic E-state index is 0.346. The van der Waals surface area contributed by atoms with Gasteiger partial charge in [0.05, 0.1) is 0 Å². The molecule has 0 aromatic carbocycles. The molecule has 1 unspecified atom stereocenters. The molecule has 0 amide bonds. The van der Waals surface area contributed by atoms with E-state index < -0.39 is 0 Å². The van der Waals surface area contributed by atoms with Crippen LogP contribution in [-0.2, 0) is 0 Å². The van der Waals surface area contributed by atoms with E-state index in [1.54, 1.807) is 0 Å². The number of rotatable bonds is 4. The largest absolute Gasteiger partial charge is 0.396 e. The standard InChI is InChI=1S/C13H27NO/c1-11(2)9-14-7-5-12(6-8-15)13(3,4)10-14/h11-12,15H,5-10H2,1-4H3. The smallest absolute Gasteiger partial charge is 0.0433 e. The maximum Gasteiger partial charge on any atom is 0.0433 e. The Morgan fingerprint density at radius 1 is 1.40 bits per heavy atom. The Kier molecular flexibility index (Phi) is 4.60. The quantitative estimate of drug-likeness (QED) is 0.775. The van der Waals surface area contributed by atoms with Gasteiger partial charge < -0.3 is 10.0 Å². The van der Waals surface area contributed by atoms with Crippen LogP contribution >= 0.6 is 0 Å². The van der Waals surface area contributed by atoms with E-state index in [0.717, 1.165) is 12.3 Å². The van der Waals surface area contributed by atoms with Crippen molar-refractivity contribution in [1.82, 2.24) is 4.90 Å². The van der Waals surface area contributed by atoms with Gasteiger partial charge in [0, 0.05) is 19.7 Å². The van der Waals surface area contributed by atoms with E-state index in [4.69, 9.17) is 5.11 Å². The zero-order chi connectivity index (χ0) is 11.5. The third-order valence-corrected chi connectivity index (χ3v) is 3.63. The van der Waals surface area contributed by atoms with Crippen LogP contribution in [0.25, 0.3) is 0 Å². The average molecular weight is 213 g/mol. The van der Waals surface area contributed by atoms with Crippen LogP contribution in [0.4, 0.5) is 0 Å². The summed E-state index contributed by atoms with van der Waals surface area (Å²) in [5.41, 5.74) is 0.371. The molecule has 1 heterocycles. The van der Waals surface area contributed by atoms with Crippen molar-refractivity contribution in [3.63, 3.8) is 0 Å². The summed E-state index contributed by atoms with van der Waals surface area (Å²) in [6.45, 7) is 13.2. The van der Waals surface area contributed by atoms with Crippen LogP contribution in [0.1, 0.15) is 40.5 Å². The van der Waals surface area contributed by atoms with Gasteiger partial charge in [-0.3, -0.25) is 0 Å². The molecule has 1 aliphatic heterocycles. The predicted molar refractivity (Wildman–Crippen MR) is 64.9 cm³/mol. The second kappa shape index (κ2) is 5.31. The molecular formula is C13H27NO. The molecule has 0 aliphatic carbocycles. The van der Waals surface area contributed by atoms with Crippen LogP contribution in [0.3, 0.4) is 0 Å². The van der Waals surface area contributed by atoms with Crippen molar-refractivity contribution in [2.45, 2.75) is 40.5 Å². The number of hydrogen-bond donors (Lipinski definition) is 1. The van der Waals surface area contributed by atoms with Gasteiger partial charge >= 0.3 is 0 Å². The van der Waals surface area contributed by atoms with Crippen molar-refractivity contribution < 1.29 is 5.11 Å². The molecule has 15 heavy (non-hydrogen) atoms. The van der Waals surface area contributed by atoms with Gasteiger partial charge in [0.25, 0.3) is 0 Å². The Bertz CT molecular complexity index is 189. The van der Waals surface area contributed by atoms with Gasteiger partial charge in [0.1, 0.15) is 0 Å². The maximum atomic E-state index is 9.05. The summed E-state index contributed by atoms with van der Waals surface area (Å²) in [5, 5.41) is 9.05. The highest BCUT2D eigenvalue weighted by atomic mass is 16.3. The highest BCUT2D eigenvalue weighted by Crippen LogP contribution is 2.36. The summed E-state index contributed by atoms with van der Waals surface area (Å²) in [6, 6.07) is 0. The molecule has 90 valence electrons. The van der Waals surface area contributed by atoms with Crippen molar-refractivity contribution in [3.05, 3.63) is 0 Å². The van der Waals surface area contributed by atoms with E-state index >= 15 is 0 Å². The maximum absolute atomic E-state index is 9.05. The van der Waals surface area contributed by atoms with Crippen molar-refractivity contribution in [2.24, 2.45) is 17.3 Å². The van der Waals surface area contributed by atoms with Crippen LogP contribution in [0.5, 0.6) is 0 Å². The van der Waals surface area contributed by atoms with Crippen LogP contribution in [0.15, 0.2) is 0 Å². The Morgan fingerprint density at radius 2 is 2.07 bits per heavy atom. The lowest BCUT2D eigenvalue weighted by molar-refractivity contribution is 0.0349. The van der Waals surface area contributed by atoms with Gasteiger partial charge in [0.15, 0.2) is 0 Å². The molecule has 0 bridgehead atoms. The first-order valence-electron chi connectivity index (χ1n) is 6.29. The van der Waals surface area contributed by atoms with Crippen molar-refractivity contribution in [2.75, 3.05) is 26.2 Å². The number of aliphatic hydroxyl groups is 1. The van der Waals surface area contributed by atoms with Crippen molar-refractivity contribution in [1.29, 1.82) is 0 Å². The molecular weight excluding hydrogens is 186 g/mol. The molecule has 0 aromatic heterocycles. The molecule has 0 radical (unpaired) electrons. The van der Waals surface area contributed by atoms with E-state index in [1.165, 1.54) is 26.1 Å². The molecule has 1 saturated heterocycles. The topological polar surface area (TPSA) is 23.5 Å². The molecule has 1 rings (SSSR count). The summed E-state index contributed by atoms with van der Waals surface area (Å²) >= 11 is 0. The molecule has 0 aromatic rings. The number of piperidine rings is 1. The Labute approximate surface area is 94.7 Å². The highest BCUT2D eigenvalue weighted by molar-refractivity contribution is 4.87. The SMILES string of the molecule is CC(C)CN1CCC(CCO)C(C)(C)C1. The number of hydrogen-bond acceptors (Lipinski definition) is 2. The fourth-order valence-electron chi connectivity index (χ4n) is 2.88. The minimum Gasteiger partial charge on any atom is -0.396 e. The summed E-state index contributed by atoms with van der Waals surface area (Å²) < 4.78 is 0. The van der Waals surface area contributed by atoms with E-state index in [1.807, 2.05) is 0 Å². The van der Waals surface area contributed by atoms with Crippen molar-refractivity contribution in [3.8, 4) is 0 Å².